The lowest BCUT2D eigenvalue weighted by Crippen LogP contribution is -2.11. The molecule has 3 heteroatoms. The SMILES string of the molecule is CC(C)(C)c1ccc(C(=O)Cc2nc3ccccc3o2)cc1. The molecule has 0 fully saturated rings. The molecule has 2 aromatic carbocycles. The van der Waals surface area contributed by atoms with Crippen molar-refractivity contribution in [2.45, 2.75) is 32.6 Å². The van der Waals surface area contributed by atoms with Gasteiger partial charge in [-0.3, -0.25) is 4.79 Å². The molecule has 3 nitrogen and oxygen atoms in total. The van der Waals surface area contributed by atoms with Gasteiger partial charge in [-0.2, -0.15) is 0 Å². The summed E-state index contributed by atoms with van der Waals surface area (Å²) in [5, 5.41) is 0. The van der Waals surface area contributed by atoms with E-state index in [-0.39, 0.29) is 17.6 Å². The Bertz CT molecular complexity index is 774. The van der Waals surface area contributed by atoms with E-state index in [9.17, 15) is 4.79 Å². The molecule has 0 spiro atoms. The summed E-state index contributed by atoms with van der Waals surface area (Å²) in [5.41, 5.74) is 3.49. The van der Waals surface area contributed by atoms with Crippen molar-refractivity contribution in [3.63, 3.8) is 0 Å². The van der Waals surface area contributed by atoms with Gasteiger partial charge in [0.05, 0.1) is 6.42 Å². The fraction of sp³-hybridized carbons (Fsp3) is 0.263. The van der Waals surface area contributed by atoms with Gasteiger partial charge < -0.3 is 4.42 Å². The smallest absolute Gasteiger partial charge is 0.203 e. The van der Waals surface area contributed by atoms with Crippen molar-refractivity contribution in [2.75, 3.05) is 0 Å². The summed E-state index contributed by atoms with van der Waals surface area (Å²) in [7, 11) is 0. The first-order valence-corrected chi connectivity index (χ1v) is 7.42. The Morgan fingerprint density at radius 1 is 1.05 bits per heavy atom. The summed E-state index contributed by atoms with van der Waals surface area (Å²) in [5.74, 6) is 0.484. The van der Waals surface area contributed by atoms with Crippen LogP contribution in [0.3, 0.4) is 0 Å². The first-order valence-electron chi connectivity index (χ1n) is 7.42. The van der Waals surface area contributed by atoms with Crippen LogP contribution in [-0.4, -0.2) is 10.8 Å². The van der Waals surface area contributed by atoms with E-state index < -0.39 is 0 Å². The van der Waals surface area contributed by atoms with E-state index >= 15 is 0 Å². The number of aromatic nitrogens is 1. The largest absolute Gasteiger partial charge is 0.440 e. The molecule has 0 atom stereocenters. The van der Waals surface area contributed by atoms with E-state index in [1.165, 1.54) is 5.56 Å². The molecule has 0 saturated heterocycles. The van der Waals surface area contributed by atoms with E-state index in [1.54, 1.807) is 0 Å². The topological polar surface area (TPSA) is 43.1 Å². The van der Waals surface area contributed by atoms with Crippen LogP contribution < -0.4 is 0 Å². The monoisotopic (exact) mass is 293 g/mol. The second-order valence-corrected chi connectivity index (χ2v) is 6.50. The third-order valence-electron chi connectivity index (χ3n) is 3.72. The van der Waals surface area contributed by atoms with Gasteiger partial charge in [-0.1, -0.05) is 57.2 Å². The van der Waals surface area contributed by atoms with Crippen molar-refractivity contribution in [1.29, 1.82) is 0 Å². The fourth-order valence-electron chi connectivity index (χ4n) is 2.39. The van der Waals surface area contributed by atoms with Gasteiger partial charge in [0.15, 0.2) is 11.4 Å². The number of Topliss-reactive ketones (excluding diaryl/α,β-unsaturated/α-hetero) is 1. The molecule has 22 heavy (non-hydrogen) atoms. The van der Waals surface area contributed by atoms with Crippen LogP contribution in [0.5, 0.6) is 0 Å². The third kappa shape index (κ3) is 2.93. The lowest BCUT2D eigenvalue weighted by molar-refractivity contribution is 0.0986. The van der Waals surface area contributed by atoms with Crippen LogP contribution in [-0.2, 0) is 11.8 Å². The zero-order chi connectivity index (χ0) is 15.7. The number of carbonyl (C=O) groups excluding carboxylic acids is 1. The van der Waals surface area contributed by atoms with E-state index in [0.29, 0.717) is 17.0 Å². The molecule has 0 saturated carbocycles. The van der Waals surface area contributed by atoms with Gasteiger partial charge in [0.25, 0.3) is 0 Å². The van der Waals surface area contributed by atoms with Crippen molar-refractivity contribution in [3.05, 3.63) is 65.5 Å². The molecule has 0 bridgehead atoms. The number of ketones is 1. The van der Waals surface area contributed by atoms with E-state index in [4.69, 9.17) is 4.42 Å². The Labute approximate surface area is 130 Å². The Kier molecular flexibility index (Phi) is 3.57. The van der Waals surface area contributed by atoms with Gasteiger partial charge in [-0.05, 0) is 23.1 Å². The van der Waals surface area contributed by atoms with Crippen LogP contribution in [0, 0.1) is 0 Å². The number of nitrogens with zero attached hydrogens (tertiary/aromatic N) is 1. The van der Waals surface area contributed by atoms with Gasteiger partial charge >= 0.3 is 0 Å². The van der Waals surface area contributed by atoms with Crippen LogP contribution in [0.4, 0.5) is 0 Å². The number of carbonyl (C=O) groups is 1. The Morgan fingerprint density at radius 2 is 1.73 bits per heavy atom. The first-order chi connectivity index (χ1) is 10.4. The molecule has 3 rings (SSSR count). The van der Waals surface area contributed by atoms with Crippen molar-refractivity contribution >= 4 is 16.9 Å². The summed E-state index contributed by atoms with van der Waals surface area (Å²) in [6.07, 6.45) is 0.184. The number of hydrogen-bond acceptors (Lipinski definition) is 3. The maximum absolute atomic E-state index is 12.4. The number of para-hydroxylation sites is 2. The molecule has 1 heterocycles. The molecule has 112 valence electrons. The van der Waals surface area contributed by atoms with Gasteiger partial charge in [0, 0.05) is 5.56 Å². The van der Waals surface area contributed by atoms with Gasteiger partial charge in [-0.15, -0.1) is 0 Å². The number of fused-ring (bicyclic) bond motifs is 1. The highest BCUT2D eigenvalue weighted by Crippen LogP contribution is 2.23. The molecule has 1 aromatic heterocycles. The predicted molar refractivity (Wildman–Crippen MR) is 87.2 cm³/mol. The lowest BCUT2D eigenvalue weighted by Gasteiger charge is -2.18. The molecule has 0 N–H and O–H groups in total. The quantitative estimate of drug-likeness (QED) is 0.665. The number of rotatable bonds is 3. The van der Waals surface area contributed by atoms with Crippen LogP contribution in [0.2, 0.25) is 0 Å². The lowest BCUT2D eigenvalue weighted by atomic mass is 9.86. The Hall–Kier alpha value is -2.42. The molecule has 0 unspecified atom stereocenters. The summed E-state index contributed by atoms with van der Waals surface area (Å²) in [4.78, 5) is 16.7. The average molecular weight is 293 g/mol. The number of hydrogen-bond donors (Lipinski definition) is 0. The van der Waals surface area contributed by atoms with Crippen LogP contribution in [0.1, 0.15) is 42.6 Å². The summed E-state index contributed by atoms with van der Waals surface area (Å²) < 4.78 is 5.61. The molecule has 0 amide bonds. The molecular formula is C19H19NO2. The highest BCUT2D eigenvalue weighted by molar-refractivity contribution is 5.97. The van der Waals surface area contributed by atoms with Crippen molar-refractivity contribution in [2.24, 2.45) is 0 Å². The average Bonchev–Trinajstić information content (AvgIpc) is 2.88. The molecule has 0 aliphatic carbocycles. The van der Waals surface area contributed by atoms with Gasteiger partial charge in [0.1, 0.15) is 5.52 Å². The summed E-state index contributed by atoms with van der Waals surface area (Å²) in [6.45, 7) is 6.46. The van der Waals surface area contributed by atoms with E-state index in [1.807, 2.05) is 48.5 Å². The normalized spacial score (nSPS) is 11.8. The fourth-order valence-corrected chi connectivity index (χ4v) is 2.39. The third-order valence-corrected chi connectivity index (χ3v) is 3.72. The first kappa shape index (κ1) is 14.5. The van der Waals surface area contributed by atoms with E-state index in [2.05, 4.69) is 25.8 Å². The minimum absolute atomic E-state index is 0.0204. The van der Waals surface area contributed by atoms with Crippen molar-refractivity contribution < 1.29 is 9.21 Å². The minimum atomic E-state index is 0.0204. The number of benzene rings is 2. The highest BCUT2D eigenvalue weighted by atomic mass is 16.3. The standard InChI is InChI=1S/C19H19NO2/c1-19(2,3)14-10-8-13(9-11-14)16(21)12-18-20-15-6-4-5-7-17(15)22-18/h4-11H,12H2,1-3H3. The van der Waals surface area contributed by atoms with Crippen LogP contribution in [0.25, 0.3) is 11.1 Å². The molecular weight excluding hydrogens is 274 g/mol. The summed E-state index contributed by atoms with van der Waals surface area (Å²) >= 11 is 0. The zero-order valence-electron chi connectivity index (χ0n) is 13.1. The van der Waals surface area contributed by atoms with Crippen molar-refractivity contribution in [1.82, 2.24) is 4.98 Å². The van der Waals surface area contributed by atoms with E-state index in [0.717, 1.165) is 5.52 Å². The van der Waals surface area contributed by atoms with Crippen LogP contribution >= 0.6 is 0 Å². The molecule has 0 aliphatic heterocycles. The number of oxazole rings is 1. The van der Waals surface area contributed by atoms with Gasteiger partial charge in [0.2, 0.25) is 5.89 Å². The molecule has 3 aromatic rings. The second-order valence-electron chi connectivity index (χ2n) is 6.50. The molecule has 0 aliphatic rings. The highest BCUT2D eigenvalue weighted by Gasteiger charge is 2.16. The zero-order valence-corrected chi connectivity index (χ0v) is 13.1. The second kappa shape index (κ2) is 5.41. The maximum Gasteiger partial charge on any atom is 0.203 e. The summed E-state index contributed by atoms with van der Waals surface area (Å²) in [6, 6.07) is 15.3. The van der Waals surface area contributed by atoms with Crippen molar-refractivity contribution in [3.8, 4) is 0 Å². The molecule has 0 radical (unpaired) electrons. The maximum atomic E-state index is 12.4. The Balaban J connectivity index is 1.79. The predicted octanol–water partition coefficient (Wildman–Crippen LogP) is 4.55. The van der Waals surface area contributed by atoms with Gasteiger partial charge in [-0.25, -0.2) is 4.98 Å². The van der Waals surface area contributed by atoms with Crippen LogP contribution in [0.15, 0.2) is 52.9 Å². The minimum Gasteiger partial charge on any atom is -0.440 e. The Morgan fingerprint density at radius 3 is 2.36 bits per heavy atom.